The Morgan fingerprint density at radius 2 is 0.649 bits per heavy atom. The number of benzene rings is 12. The van der Waals surface area contributed by atoms with Gasteiger partial charge in [-0.05, 0) is 225 Å². The van der Waals surface area contributed by atoms with Gasteiger partial charge in [0.1, 0.15) is 0 Å². The van der Waals surface area contributed by atoms with Crippen LogP contribution in [0.15, 0.2) is 194 Å². The Morgan fingerprint density at radius 1 is 0.284 bits per heavy atom. The molecular weight excluding hydrogens is 893 g/mol. The van der Waals surface area contributed by atoms with Crippen molar-refractivity contribution in [1.29, 1.82) is 0 Å². The molecule has 0 fully saturated rings. The summed E-state index contributed by atoms with van der Waals surface area (Å²) in [5.41, 5.74) is 22.4. The van der Waals surface area contributed by atoms with E-state index in [-0.39, 0.29) is 0 Å². The molecule has 12 rings (SSSR count). The van der Waals surface area contributed by atoms with E-state index in [4.69, 9.17) is 0 Å². The van der Waals surface area contributed by atoms with E-state index in [0.29, 0.717) is 0 Å². The fourth-order valence-electron chi connectivity index (χ4n) is 11.7. The zero-order valence-electron chi connectivity index (χ0n) is 44.2. The van der Waals surface area contributed by atoms with Gasteiger partial charge in [-0.25, -0.2) is 0 Å². The van der Waals surface area contributed by atoms with Gasteiger partial charge in [0.25, 0.3) is 0 Å². The Kier molecular flexibility index (Phi) is 12.0. The van der Waals surface area contributed by atoms with Crippen LogP contribution in [0.1, 0.15) is 72.2 Å². The van der Waals surface area contributed by atoms with Crippen molar-refractivity contribution in [3.63, 3.8) is 0 Å². The molecule has 0 aliphatic rings. The summed E-state index contributed by atoms with van der Waals surface area (Å²) < 4.78 is 0. The van der Waals surface area contributed by atoms with Gasteiger partial charge in [0.05, 0.1) is 11.4 Å². The van der Waals surface area contributed by atoms with Gasteiger partial charge >= 0.3 is 0 Å². The maximum absolute atomic E-state index is 2.57. The SMILES string of the molecule is CCc1cc(CC)cc(N(c2ccc(C)c(C)c2)c2cc(-c3ccc4ccccc4c3)c3ccc4c(N(c5cc(CC)cc(CC)c5)c5ccc(C)c(C)c5)cc(-c5ccc6ccccc6c5)c5ccc2c3c54)c1. The van der Waals surface area contributed by atoms with Crippen LogP contribution in [0.5, 0.6) is 0 Å². The molecule has 0 atom stereocenters. The first-order chi connectivity index (χ1) is 36.1. The van der Waals surface area contributed by atoms with Gasteiger partial charge in [-0.1, -0.05) is 149 Å². The molecule has 0 bridgehead atoms. The Hall–Kier alpha value is -8.20. The summed E-state index contributed by atoms with van der Waals surface area (Å²) in [6.07, 6.45) is 3.84. The molecule has 0 amide bonds. The van der Waals surface area contributed by atoms with Crippen molar-refractivity contribution in [2.45, 2.75) is 81.1 Å². The lowest BCUT2D eigenvalue weighted by Gasteiger charge is -2.32. The zero-order valence-corrected chi connectivity index (χ0v) is 44.2. The first-order valence-corrected chi connectivity index (χ1v) is 26.9. The van der Waals surface area contributed by atoms with Crippen molar-refractivity contribution in [3.8, 4) is 22.3 Å². The summed E-state index contributed by atoms with van der Waals surface area (Å²) >= 11 is 0. The molecule has 12 aromatic carbocycles. The third kappa shape index (κ3) is 8.14. The average molecular weight is 957 g/mol. The lowest BCUT2D eigenvalue weighted by atomic mass is 9.84. The molecule has 74 heavy (non-hydrogen) atoms. The second kappa shape index (κ2) is 19.0. The highest BCUT2D eigenvalue weighted by Gasteiger charge is 2.27. The van der Waals surface area contributed by atoms with Crippen LogP contribution < -0.4 is 9.80 Å². The van der Waals surface area contributed by atoms with E-state index in [1.165, 1.54) is 143 Å². The van der Waals surface area contributed by atoms with Crippen molar-refractivity contribution in [3.05, 3.63) is 239 Å². The van der Waals surface area contributed by atoms with Crippen LogP contribution in [-0.4, -0.2) is 0 Å². The van der Waals surface area contributed by atoms with E-state index in [1.807, 2.05) is 0 Å². The number of fused-ring (bicyclic) bond motifs is 2. The maximum Gasteiger partial charge on any atom is 0.0546 e. The smallest absolute Gasteiger partial charge is 0.0546 e. The van der Waals surface area contributed by atoms with Crippen molar-refractivity contribution < 1.29 is 0 Å². The number of hydrogen-bond donors (Lipinski definition) is 0. The third-order valence-electron chi connectivity index (χ3n) is 16.2. The van der Waals surface area contributed by atoms with E-state index in [1.54, 1.807) is 0 Å². The monoisotopic (exact) mass is 957 g/mol. The molecule has 362 valence electrons. The Bertz CT molecular complexity index is 3820. The van der Waals surface area contributed by atoms with Crippen LogP contribution in [0.25, 0.3) is 76.1 Å². The second-order valence-electron chi connectivity index (χ2n) is 20.7. The number of nitrogens with zero attached hydrogens (tertiary/aromatic N) is 2. The predicted octanol–water partition coefficient (Wildman–Crippen LogP) is 20.6. The summed E-state index contributed by atoms with van der Waals surface area (Å²) in [5.74, 6) is 0. The summed E-state index contributed by atoms with van der Waals surface area (Å²) in [6, 6.07) is 74.9. The molecule has 0 saturated heterocycles. The van der Waals surface area contributed by atoms with Crippen LogP contribution in [0.3, 0.4) is 0 Å². The molecule has 2 nitrogen and oxygen atoms in total. The third-order valence-corrected chi connectivity index (χ3v) is 16.2. The van der Waals surface area contributed by atoms with Crippen molar-refractivity contribution in [2.24, 2.45) is 0 Å². The summed E-state index contributed by atoms with van der Waals surface area (Å²) in [7, 11) is 0. The molecule has 0 radical (unpaired) electrons. The number of hydrogen-bond acceptors (Lipinski definition) is 2. The minimum Gasteiger partial charge on any atom is -0.310 e. The van der Waals surface area contributed by atoms with Gasteiger partial charge in [-0.15, -0.1) is 0 Å². The Labute approximate surface area is 437 Å². The summed E-state index contributed by atoms with van der Waals surface area (Å²) in [4.78, 5) is 5.13. The van der Waals surface area contributed by atoms with Crippen LogP contribution in [0.2, 0.25) is 0 Å². The fourth-order valence-corrected chi connectivity index (χ4v) is 11.7. The first-order valence-electron chi connectivity index (χ1n) is 26.9. The highest BCUT2D eigenvalue weighted by Crippen LogP contribution is 2.53. The molecule has 0 spiro atoms. The molecule has 0 aliphatic carbocycles. The normalized spacial score (nSPS) is 11.7. The largest absolute Gasteiger partial charge is 0.310 e. The van der Waals surface area contributed by atoms with E-state index in [0.717, 1.165) is 37.1 Å². The van der Waals surface area contributed by atoms with Gasteiger partial charge < -0.3 is 9.80 Å². The lowest BCUT2D eigenvalue weighted by molar-refractivity contribution is 1.08. The Balaban J connectivity index is 1.27. The minimum absolute atomic E-state index is 0.959. The van der Waals surface area contributed by atoms with Gasteiger partial charge in [0.15, 0.2) is 0 Å². The quantitative estimate of drug-likeness (QED) is 0.113. The van der Waals surface area contributed by atoms with E-state index < -0.39 is 0 Å². The molecule has 12 aromatic rings. The summed E-state index contributed by atoms with van der Waals surface area (Å²) in [6.45, 7) is 18.0. The second-order valence-corrected chi connectivity index (χ2v) is 20.7. The number of aryl methyl sites for hydroxylation is 8. The number of rotatable bonds is 12. The van der Waals surface area contributed by atoms with E-state index in [9.17, 15) is 0 Å². The van der Waals surface area contributed by atoms with Crippen LogP contribution in [-0.2, 0) is 25.7 Å². The fraction of sp³-hybridized carbons (Fsp3) is 0.167. The molecule has 0 aliphatic heterocycles. The molecule has 0 N–H and O–H groups in total. The molecule has 0 aromatic heterocycles. The lowest BCUT2D eigenvalue weighted by Crippen LogP contribution is -2.13. The molecule has 2 heteroatoms. The first kappa shape index (κ1) is 46.8. The van der Waals surface area contributed by atoms with Gasteiger partial charge in [-0.2, -0.15) is 0 Å². The van der Waals surface area contributed by atoms with Gasteiger partial charge in [0, 0.05) is 44.3 Å². The van der Waals surface area contributed by atoms with Gasteiger partial charge in [0.2, 0.25) is 0 Å². The highest BCUT2D eigenvalue weighted by molar-refractivity contribution is 6.32. The van der Waals surface area contributed by atoms with Crippen LogP contribution in [0.4, 0.5) is 34.1 Å². The maximum atomic E-state index is 2.57. The number of anilines is 6. The highest BCUT2D eigenvalue weighted by atomic mass is 15.2. The van der Waals surface area contributed by atoms with E-state index >= 15 is 0 Å². The zero-order chi connectivity index (χ0) is 50.8. The topological polar surface area (TPSA) is 6.48 Å². The minimum atomic E-state index is 0.959. The molecule has 0 heterocycles. The van der Waals surface area contributed by atoms with Crippen molar-refractivity contribution >= 4 is 88.0 Å². The molecule has 0 unspecified atom stereocenters. The van der Waals surface area contributed by atoms with Crippen LogP contribution >= 0.6 is 0 Å². The van der Waals surface area contributed by atoms with Crippen molar-refractivity contribution in [2.75, 3.05) is 9.80 Å². The Morgan fingerprint density at radius 3 is 1.01 bits per heavy atom. The van der Waals surface area contributed by atoms with Crippen LogP contribution in [0, 0.1) is 27.7 Å². The predicted molar refractivity (Wildman–Crippen MR) is 322 cm³/mol. The van der Waals surface area contributed by atoms with E-state index in [2.05, 4.69) is 259 Å². The summed E-state index contributed by atoms with van der Waals surface area (Å²) in [5, 5.41) is 12.4. The molecular formula is C72H64N2. The van der Waals surface area contributed by atoms with Crippen molar-refractivity contribution in [1.82, 2.24) is 0 Å². The molecule has 0 saturated carbocycles. The average Bonchev–Trinajstić information content (AvgIpc) is 3.45. The standard InChI is InChI=1S/C72H64N2/c1-9-49-35-50(10-2)38-61(37-49)73(59-27-21-45(5)47(7)33-59)69-43-67(57-25-23-53-17-13-15-19-55(53)41-57)63-30-32-66-70(74(60-28-22-46(6)48(8)34-60)62-39-51(11-3)36-52(12-4)40-62)44-68(64-29-31-65(69)71(63)72(64)66)58-26-24-54-18-14-16-20-56(54)42-58/h13-44H,9-12H2,1-8H3. The van der Waals surface area contributed by atoms with Gasteiger partial charge in [-0.3, -0.25) is 0 Å².